The van der Waals surface area contributed by atoms with Crippen LogP contribution in [0, 0.1) is 0 Å². The summed E-state index contributed by atoms with van der Waals surface area (Å²) in [7, 11) is 0. The zero-order valence-electron chi connectivity index (χ0n) is 15.4. The lowest BCUT2D eigenvalue weighted by Gasteiger charge is -2.34. The fourth-order valence-electron chi connectivity index (χ4n) is 3.25. The Balaban J connectivity index is 0.00000243. The van der Waals surface area contributed by atoms with E-state index in [1.54, 1.807) is 0 Å². The van der Waals surface area contributed by atoms with E-state index in [4.69, 9.17) is 9.73 Å². The third-order valence-electron chi connectivity index (χ3n) is 4.73. The van der Waals surface area contributed by atoms with Crippen molar-refractivity contribution in [1.82, 2.24) is 10.2 Å². The van der Waals surface area contributed by atoms with Crippen molar-refractivity contribution in [2.75, 3.05) is 37.7 Å². The second-order valence-electron chi connectivity index (χ2n) is 6.81. The normalized spacial score (nSPS) is 24.2. The Morgan fingerprint density at radius 1 is 1.35 bits per heavy atom. The van der Waals surface area contributed by atoms with Crippen LogP contribution < -0.4 is 10.1 Å². The highest BCUT2D eigenvalue weighted by Gasteiger charge is 2.32. The topological polar surface area (TPSA) is 57.1 Å². The molecule has 0 bridgehead atoms. The van der Waals surface area contributed by atoms with Crippen LogP contribution >= 0.6 is 35.7 Å². The summed E-state index contributed by atoms with van der Waals surface area (Å²) in [5, 5.41) is 13.9. The van der Waals surface area contributed by atoms with Crippen LogP contribution in [-0.2, 0) is 0 Å². The van der Waals surface area contributed by atoms with E-state index in [2.05, 4.69) is 17.1 Å². The summed E-state index contributed by atoms with van der Waals surface area (Å²) >= 11 is 1.81. The van der Waals surface area contributed by atoms with Crippen LogP contribution in [0.4, 0.5) is 0 Å². The number of hydrogen-bond acceptors (Lipinski definition) is 4. The lowest BCUT2D eigenvalue weighted by Crippen LogP contribution is -2.48. The molecule has 0 aliphatic carbocycles. The minimum atomic E-state index is -0.625. The Morgan fingerprint density at radius 2 is 2.08 bits per heavy atom. The number of benzene rings is 1. The van der Waals surface area contributed by atoms with E-state index in [-0.39, 0.29) is 30.1 Å². The van der Waals surface area contributed by atoms with Gasteiger partial charge in [0.2, 0.25) is 0 Å². The lowest BCUT2D eigenvalue weighted by molar-refractivity contribution is 0.0771. The van der Waals surface area contributed by atoms with Crippen LogP contribution in [-0.4, -0.2) is 65.4 Å². The molecule has 7 heteroatoms. The summed E-state index contributed by atoms with van der Waals surface area (Å²) in [6.45, 7) is 5.27. The molecule has 1 atom stereocenters. The third kappa shape index (κ3) is 6.20. The van der Waals surface area contributed by atoms with Crippen LogP contribution in [0.2, 0.25) is 0 Å². The van der Waals surface area contributed by atoms with E-state index in [9.17, 15) is 5.11 Å². The number of hydrogen-bond donors (Lipinski definition) is 2. The molecule has 1 aromatic rings. The van der Waals surface area contributed by atoms with Gasteiger partial charge in [0.25, 0.3) is 0 Å². The molecule has 5 nitrogen and oxygen atoms in total. The highest BCUT2D eigenvalue weighted by Crippen LogP contribution is 2.28. The molecule has 26 heavy (non-hydrogen) atoms. The standard InChI is InChI=1S/C19H29N3O2S.HI/c1-2-20-18(21-14-19(23)10-13-25-15-19)22-11-8-17(9-12-22)24-16-6-4-3-5-7-16;/h3-7,17,23H,2,8-15H2,1H3,(H,20,21);1H. The fourth-order valence-corrected chi connectivity index (χ4v) is 4.53. The van der Waals surface area contributed by atoms with Crippen molar-refractivity contribution in [3.63, 3.8) is 0 Å². The monoisotopic (exact) mass is 491 g/mol. The molecule has 3 rings (SSSR count). The lowest BCUT2D eigenvalue weighted by atomic mass is 10.0. The fraction of sp³-hybridized carbons (Fsp3) is 0.632. The van der Waals surface area contributed by atoms with Gasteiger partial charge in [-0.25, -0.2) is 0 Å². The molecular weight excluding hydrogens is 461 g/mol. The van der Waals surface area contributed by atoms with Crippen molar-refractivity contribution < 1.29 is 9.84 Å². The summed E-state index contributed by atoms with van der Waals surface area (Å²) in [6, 6.07) is 10.0. The average Bonchev–Trinajstić information content (AvgIpc) is 3.07. The number of thioether (sulfide) groups is 1. The SMILES string of the molecule is CCNC(=NCC1(O)CCSC1)N1CCC(Oc2ccccc2)CC1.I. The number of para-hydroxylation sites is 1. The first-order chi connectivity index (χ1) is 12.2. The third-order valence-corrected chi connectivity index (χ3v) is 5.96. The highest BCUT2D eigenvalue weighted by atomic mass is 127. The second kappa shape index (κ2) is 10.6. The number of guanidine groups is 1. The second-order valence-corrected chi connectivity index (χ2v) is 7.92. The zero-order valence-corrected chi connectivity index (χ0v) is 18.5. The smallest absolute Gasteiger partial charge is 0.194 e. The van der Waals surface area contributed by atoms with E-state index in [0.717, 1.165) is 62.1 Å². The number of nitrogens with one attached hydrogen (secondary N) is 1. The summed E-state index contributed by atoms with van der Waals surface area (Å²) in [5.74, 6) is 3.70. The van der Waals surface area contributed by atoms with Crippen LogP contribution in [0.15, 0.2) is 35.3 Å². The number of piperidine rings is 1. The molecule has 2 heterocycles. The predicted octanol–water partition coefficient (Wildman–Crippen LogP) is 2.98. The summed E-state index contributed by atoms with van der Waals surface area (Å²) in [5.41, 5.74) is -0.625. The number of ether oxygens (including phenoxy) is 1. The molecule has 1 unspecified atom stereocenters. The van der Waals surface area contributed by atoms with E-state index in [1.165, 1.54) is 0 Å². The molecule has 0 spiro atoms. The molecule has 0 radical (unpaired) electrons. The molecule has 1 aromatic carbocycles. The van der Waals surface area contributed by atoms with Crippen LogP contribution in [0.1, 0.15) is 26.2 Å². The van der Waals surface area contributed by atoms with Gasteiger partial charge in [0, 0.05) is 38.2 Å². The number of rotatable bonds is 5. The minimum Gasteiger partial charge on any atom is -0.490 e. The number of aliphatic imine (C=N–C) groups is 1. The Morgan fingerprint density at radius 3 is 2.69 bits per heavy atom. The number of nitrogens with zero attached hydrogens (tertiary/aromatic N) is 2. The predicted molar refractivity (Wildman–Crippen MR) is 120 cm³/mol. The van der Waals surface area contributed by atoms with Gasteiger partial charge in [-0.05, 0) is 31.2 Å². The van der Waals surface area contributed by atoms with Crippen molar-refractivity contribution >= 4 is 41.7 Å². The minimum absolute atomic E-state index is 0. The quantitative estimate of drug-likeness (QED) is 0.377. The Hall–Kier alpha value is -0.670. The zero-order chi connectivity index (χ0) is 17.5. The van der Waals surface area contributed by atoms with Crippen molar-refractivity contribution in [3.8, 4) is 5.75 Å². The number of aliphatic hydroxyl groups is 1. The Bertz CT molecular complexity index is 559. The van der Waals surface area contributed by atoms with Gasteiger partial charge >= 0.3 is 0 Å². The molecule has 2 saturated heterocycles. The molecule has 0 amide bonds. The van der Waals surface area contributed by atoms with Crippen molar-refractivity contribution in [2.24, 2.45) is 4.99 Å². The maximum absolute atomic E-state index is 10.5. The Kier molecular flexibility index (Phi) is 8.83. The van der Waals surface area contributed by atoms with E-state index >= 15 is 0 Å². The van der Waals surface area contributed by atoms with Crippen molar-refractivity contribution in [3.05, 3.63) is 30.3 Å². The van der Waals surface area contributed by atoms with Gasteiger partial charge in [-0.2, -0.15) is 11.8 Å². The van der Waals surface area contributed by atoms with Gasteiger partial charge in [-0.1, -0.05) is 18.2 Å². The highest BCUT2D eigenvalue weighted by molar-refractivity contribution is 14.0. The molecule has 0 saturated carbocycles. The van der Waals surface area contributed by atoms with Crippen molar-refractivity contribution in [1.29, 1.82) is 0 Å². The van der Waals surface area contributed by atoms with Gasteiger partial charge in [0.1, 0.15) is 11.9 Å². The summed E-state index contributed by atoms with van der Waals surface area (Å²) in [4.78, 5) is 7.02. The Labute approximate surface area is 178 Å². The molecule has 0 aromatic heterocycles. The van der Waals surface area contributed by atoms with E-state index < -0.39 is 5.60 Å². The summed E-state index contributed by atoms with van der Waals surface area (Å²) in [6.07, 6.45) is 3.07. The first-order valence-corrected chi connectivity index (χ1v) is 10.4. The maximum atomic E-state index is 10.5. The molecule has 2 aliphatic rings. The van der Waals surface area contributed by atoms with Crippen LogP contribution in [0.3, 0.4) is 0 Å². The molecule has 2 aliphatic heterocycles. The summed E-state index contributed by atoms with van der Waals surface area (Å²) < 4.78 is 6.07. The average molecular weight is 491 g/mol. The molecular formula is C19H30IN3O2S. The van der Waals surface area contributed by atoms with Gasteiger partial charge in [0.15, 0.2) is 5.96 Å². The van der Waals surface area contributed by atoms with E-state index in [1.807, 2.05) is 42.1 Å². The van der Waals surface area contributed by atoms with Gasteiger partial charge < -0.3 is 20.1 Å². The van der Waals surface area contributed by atoms with Gasteiger partial charge in [0.05, 0.1) is 12.1 Å². The molecule has 146 valence electrons. The largest absolute Gasteiger partial charge is 0.490 e. The van der Waals surface area contributed by atoms with E-state index in [0.29, 0.717) is 6.54 Å². The van der Waals surface area contributed by atoms with Gasteiger partial charge in [-0.15, -0.1) is 24.0 Å². The van der Waals surface area contributed by atoms with Crippen molar-refractivity contribution in [2.45, 2.75) is 37.9 Å². The first-order valence-electron chi connectivity index (χ1n) is 9.24. The number of likely N-dealkylation sites (tertiary alicyclic amines) is 1. The van der Waals surface area contributed by atoms with Gasteiger partial charge in [-0.3, -0.25) is 4.99 Å². The molecule has 2 N–H and O–H groups in total. The van der Waals surface area contributed by atoms with Crippen LogP contribution in [0.5, 0.6) is 5.75 Å². The molecule has 2 fully saturated rings. The maximum Gasteiger partial charge on any atom is 0.194 e. The number of halogens is 1. The van der Waals surface area contributed by atoms with Crippen LogP contribution in [0.25, 0.3) is 0 Å². The first kappa shape index (κ1) is 21.6.